The predicted octanol–water partition coefficient (Wildman–Crippen LogP) is 5.74. The SMILES string of the molecule is CC(c1ccc(F)c(C(F)(F)F)c1)N1CCc2nc(N)n(C(c3ccccc3)c3ccccc3)c(=O)c2C1. The number of hydrogen-bond donors (Lipinski definition) is 1. The van der Waals surface area contributed by atoms with E-state index in [1.807, 2.05) is 65.6 Å². The Kier molecular flexibility index (Phi) is 6.79. The van der Waals surface area contributed by atoms with E-state index in [0.717, 1.165) is 23.3 Å². The molecule has 0 radical (unpaired) electrons. The van der Waals surface area contributed by atoms with Crippen LogP contribution in [0.2, 0.25) is 0 Å². The second kappa shape index (κ2) is 10.1. The summed E-state index contributed by atoms with van der Waals surface area (Å²) in [6.07, 6.45) is -4.39. The number of rotatable bonds is 5. The molecule has 38 heavy (non-hydrogen) atoms. The Bertz CT molecular complexity index is 1460. The normalized spacial score (nSPS) is 14.9. The fourth-order valence-electron chi connectivity index (χ4n) is 5.10. The molecule has 3 aromatic carbocycles. The number of nitrogens with two attached hydrogens (primary N) is 1. The van der Waals surface area contributed by atoms with Gasteiger partial charge in [-0.3, -0.25) is 14.3 Å². The van der Waals surface area contributed by atoms with Crippen molar-refractivity contribution in [2.24, 2.45) is 0 Å². The summed E-state index contributed by atoms with van der Waals surface area (Å²) >= 11 is 0. The molecule has 1 aliphatic heterocycles. The lowest BCUT2D eigenvalue weighted by atomic mass is 9.97. The number of anilines is 1. The van der Waals surface area contributed by atoms with Crippen molar-refractivity contribution in [2.75, 3.05) is 12.3 Å². The zero-order valence-corrected chi connectivity index (χ0v) is 20.6. The summed E-state index contributed by atoms with van der Waals surface area (Å²) in [7, 11) is 0. The number of halogens is 4. The van der Waals surface area contributed by atoms with Gasteiger partial charge in [0.25, 0.3) is 5.56 Å². The average Bonchev–Trinajstić information content (AvgIpc) is 2.91. The molecule has 1 unspecified atom stereocenters. The molecule has 0 amide bonds. The topological polar surface area (TPSA) is 64.2 Å². The highest BCUT2D eigenvalue weighted by molar-refractivity contribution is 5.39. The molecule has 0 saturated carbocycles. The van der Waals surface area contributed by atoms with Gasteiger partial charge in [0.1, 0.15) is 5.82 Å². The van der Waals surface area contributed by atoms with Gasteiger partial charge in [-0.05, 0) is 35.7 Å². The van der Waals surface area contributed by atoms with E-state index in [1.54, 1.807) is 6.92 Å². The smallest absolute Gasteiger partial charge is 0.369 e. The molecule has 2 N–H and O–H groups in total. The lowest BCUT2D eigenvalue weighted by Crippen LogP contribution is -2.41. The molecule has 2 heterocycles. The van der Waals surface area contributed by atoms with Crippen LogP contribution in [-0.2, 0) is 19.1 Å². The predicted molar refractivity (Wildman–Crippen MR) is 137 cm³/mol. The second-order valence-corrected chi connectivity index (χ2v) is 9.43. The van der Waals surface area contributed by atoms with Crippen LogP contribution in [-0.4, -0.2) is 21.0 Å². The van der Waals surface area contributed by atoms with E-state index in [-0.39, 0.29) is 18.1 Å². The molecule has 0 spiro atoms. The maximum atomic E-state index is 14.0. The first-order valence-corrected chi connectivity index (χ1v) is 12.3. The Morgan fingerprint density at radius 1 is 0.921 bits per heavy atom. The zero-order chi connectivity index (χ0) is 27.0. The molecule has 0 aliphatic carbocycles. The minimum Gasteiger partial charge on any atom is -0.369 e. The first kappa shape index (κ1) is 25.7. The summed E-state index contributed by atoms with van der Waals surface area (Å²) in [5.74, 6) is -1.21. The molecule has 5 nitrogen and oxygen atoms in total. The molecule has 0 saturated heterocycles. The van der Waals surface area contributed by atoms with E-state index < -0.39 is 29.6 Å². The Balaban J connectivity index is 1.55. The van der Waals surface area contributed by atoms with Gasteiger partial charge >= 0.3 is 6.18 Å². The summed E-state index contributed by atoms with van der Waals surface area (Å²) in [6, 6.07) is 21.0. The van der Waals surface area contributed by atoms with Crippen LogP contribution in [0.1, 0.15) is 52.5 Å². The van der Waals surface area contributed by atoms with E-state index in [9.17, 15) is 22.4 Å². The highest BCUT2D eigenvalue weighted by Gasteiger charge is 2.35. The van der Waals surface area contributed by atoms with Crippen molar-refractivity contribution in [3.63, 3.8) is 0 Å². The first-order valence-electron chi connectivity index (χ1n) is 12.3. The van der Waals surface area contributed by atoms with Gasteiger partial charge in [-0.1, -0.05) is 66.7 Å². The molecule has 1 aliphatic rings. The van der Waals surface area contributed by atoms with Crippen molar-refractivity contribution < 1.29 is 17.6 Å². The van der Waals surface area contributed by atoms with E-state index in [2.05, 4.69) is 4.98 Å². The van der Waals surface area contributed by atoms with Gasteiger partial charge in [0.15, 0.2) is 0 Å². The third-order valence-corrected chi connectivity index (χ3v) is 7.13. The van der Waals surface area contributed by atoms with Crippen LogP contribution in [0.4, 0.5) is 23.5 Å². The van der Waals surface area contributed by atoms with E-state index in [4.69, 9.17) is 5.73 Å². The molecule has 0 fully saturated rings. The lowest BCUT2D eigenvalue weighted by molar-refractivity contribution is -0.140. The number of nitrogens with zero attached hydrogens (tertiary/aromatic N) is 3. The number of benzene rings is 3. The number of nitrogen functional groups attached to an aromatic ring is 1. The van der Waals surface area contributed by atoms with E-state index in [0.29, 0.717) is 29.8 Å². The molecule has 4 aromatic rings. The summed E-state index contributed by atoms with van der Waals surface area (Å²) in [4.78, 5) is 20.5. The standard InChI is InChI=1S/C29H26F4N4O/c1-18(21-12-13-24(30)23(16-21)29(31,32)33)36-15-14-25-22(17-36)27(38)37(28(34)35-25)26(19-8-4-2-5-9-19)20-10-6-3-7-11-20/h2-13,16,18,26H,14-15,17H2,1H3,(H2,34,35). The third kappa shape index (κ3) is 4.81. The summed E-state index contributed by atoms with van der Waals surface area (Å²) in [6.45, 7) is 2.39. The fraction of sp³-hybridized carbons (Fsp3) is 0.241. The van der Waals surface area contributed by atoms with Crippen LogP contribution in [0.5, 0.6) is 0 Å². The molecule has 196 valence electrons. The Morgan fingerprint density at radius 2 is 1.53 bits per heavy atom. The minimum atomic E-state index is -4.80. The molecular formula is C29H26F4N4O. The Hall–Kier alpha value is -3.98. The van der Waals surface area contributed by atoms with Crippen molar-refractivity contribution in [1.29, 1.82) is 0 Å². The van der Waals surface area contributed by atoms with Crippen LogP contribution in [0.3, 0.4) is 0 Å². The largest absolute Gasteiger partial charge is 0.419 e. The lowest BCUT2D eigenvalue weighted by Gasteiger charge is -2.34. The number of aromatic nitrogens is 2. The maximum Gasteiger partial charge on any atom is 0.419 e. The number of hydrogen-bond acceptors (Lipinski definition) is 4. The molecule has 1 atom stereocenters. The summed E-state index contributed by atoms with van der Waals surface area (Å²) in [5.41, 5.74) is 7.86. The zero-order valence-electron chi connectivity index (χ0n) is 20.6. The van der Waals surface area contributed by atoms with Gasteiger partial charge in [-0.25, -0.2) is 9.37 Å². The van der Waals surface area contributed by atoms with E-state index >= 15 is 0 Å². The molecule has 1 aromatic heterocycles. The number of fused-ring (bicyclic) bond motifs is 1. The van der Waals surface area contributed by atoms with Crippen LogP contribution in [0, 0.1) is 5.82 Å². The Morgan fingerprint density at radius 3 is 2.11 bits per heavy atom. The summed E-state index contributed by atoms with van der Waals surface area (Å²) in [5, 5.41) is 0. The van der Waals surface area contributed by atoms with Gasteiger partial charge in [0, 0.05) is 25.6 Å². The van der Waals surface area contributed by atoms with Crippen LogP contribution in [0.15, 0.2) is 83.7 Å². The van der Waals surface area contributed by atoms with Crippen molar-refractivity contribution in [3.05, 3.63) is 129 Å². The molecule has 0 bridgehead atoms. The van der Waals surface area contributed by atoms with Gasteiger partial charge in [0.2, 0.25) is 5.95 Å². The van der Waals surface area contributed by atoms with Crippen molar-refractivity contribution in [1.82, 2.24) is 14.5 Å². The molecule has 5 rings (SSSR count). The molecular weight excluding hydrogens is 496 g/mol. The van der Waals surface area contributed by atoms with Gasteiger partial charge in [0.05, 0.1) is 22.9 Å². The van der Waals surface area contributed by atoms with Crippen LogP contribution < -0.4 is 11.3 Å². The fourth-order valence-corrected chi connectivity index (χ4v) is 5.10. The van der Waals surface area contributed by atoms with Gasteiger partial charge in [-0.2, -0.15) is 13.2 Å². The summed E-state index contributed by atoms with van der Waals surface area (Å²) < 4.78 is 55.3. The van der Waals surface area contributed by atoms with Gasteiger partial charge < -0.3 is 5.73 Å². The van der Waals surface area contributed by atoms with Crippen molar-refractivity contribution in [2.45, 2.75) is 38.1 Å². The average molecular weight is 523 g/mol. The van der Waals surface area contributed by atoms with E-state index in [1.165, 1.54) is 10.6 Å². The van der Waals surface area contributed by atoms with Crippen LogP contribution >= 0.6 is 0 Å². The minimum absolute atomic E-state index is 0.0984. The molecule has 9 heteroatoms. The highest BCUT2D eigenvalue weighted by atomic mass is 19.4. The van der Waals surface area contributed by atoms with Crippen molar-refractivity contribution in [3.8, 4) is 0 Å². The number of alkyl halides is 3. The second-order valence-electron chi connectivity index (χ2n) is 9.43. The van der Waals surface area contributed by atoms with Crippen molar-refractivity contribution >= 4 is 5.95 Å². The maximum absolute atomic E-state index is 14.0. The van der Waals surface area contributed by atoms with Crippen LogP contribution in [0.25, 0.3) is 0 Å². The van der Waals surface area contributed by atoms with Gasteiger partial charge in [-0.15, -0.1) is 0 Å². The first-order chi connectivity index (χ1) is 18.1. The monoisotopic (exact) mass is 522 g/mol. The third-order valence-electron chi connectivity index (χ3n) is 7.13. The highest BCUT2D eigenvalue weighted by Crippen LogP contribution is 2.35. The quantitative estimate of drug-likeness (QED) is 0.340. The Labute approximate surface area is 217 Å².